The quantitative estimate of drug-likeness (QED) is 0.809. The molecule has 0 bridgehead atoms. The second kappa shape index (κ2) is 5.48. The molecule has 1 saturated carbocycles. The lowest BCUT2D eigenvalue weighted by atomic mass is 10.1. The Labute approximate surface area is 113 Å². The molecule has 2 rings (SSSR count). The molecule has 1 fully saturated rings. The molecule has 19 heavy (non-hydrogen) atoms. The number of nitrogens with two attached hydrogens (primary N) is 1. The highest BCUT2D eigenvalue weighted by Crippen LogP contribution is 2.43. The summed E-state index contributed by atoms with van der Waals surface area (Å²) in [6, 6.07) is 5.12. The van der Waals surface area contributed by atoms with Gasteiger partial charge in [0.05, 0.1) is 14.2 Å². The number of hydrogen-bond donors (Lipinski definition) is 2. The summed E-state index contributed by atoms with van der Waals surface area (Å²) < 4.78 is 10.3. The van der Waals surface area contributed by atoms with Crippen molar-refractivity contribution in [3.8, 4) is 11.5 Å². The van der Waals surface area contributed by atoms with E-state index in [1.165, 1.54) is 0 Å². The first-order chi connectivity index (χ1) is 9.14. The maximum Gasteiger partial charge on any atom is 0.251 e. The molecule has 0 radical (unpaired) electrons. The fraction of sp³-hybridized carbons (Fsp3) is 0.500. The van der Waals surface area contributed by atoms with Gasteiger partial charge in [-0.2, -0.15) is 0 Å². The van der Waals surface area contributed by atoms with Crippen molar-refractivity contribution >= 4 is 5.91 Å². The minimum absolute atomic E-state index is 0.110. The smallest absolute Gasteiger partial charge is 0.251 e. The predicted molar refractivity (Wildman–Crippen MR) is 72.6 cm³/mol. The zero-order valence-corrected chi connectivity index (χ0v) is 11.4. The Morgan fingerprint density at radius 2 is 2.00 bits per heavy atom. The first-order valence-corrected chi connectivity index (χ1v) is 6.34. The van der Waals surface area contributed by atoms with E-state index in [1.54, 1.807) is 32.4 Å². The number of amides is 1. The molecule has 104 valence electrons. The van der Waals surface area contributed by atoms with Crippen LogP contribution in [0.25, 0.3) is 0 Å². The van der Waals surface area contributed by atoms with E-state index in [4.69, 9.17) is 15.2 Å². The first kappa shape index (κ1) is 13.7. The zero-order chi connectivity index (χ0) is 13.9. The van der Waals surface area contributed by atoms with Crippen LogP contribution in [0.4, 0.5) is 0 Å². The van der Waals surface area contributed by atoms with Crippen molar-refractivity contribution in [2.75, 3.05) is 27.3 Å². The van der Waals surface area contributed by atoms with Crippen molar-refractivity contribution in [2.45, 2.75) is 12.8 Å². The van der Waals surface area contributed by atoms with Crippen LogP contribution in [0.3, 0.4) is 0 Å². The molecule has 1 aromatic carbocycles. The Hall–Kier alpha value is -1.75. The molecule has 1 aliphatic rings. The Morgan fingerprint density at radius 3 is 2.53 bits per heavy atom. The summed E-state index contributed by atoms with van der Waals surface area (Å²) >= 11 is 0. The maximum atomic E-state index is 12.1. The summed E-state index contributed by atoms with van der Waals surface area (Å²) in [5.41, 5.74) is 6.38. The molecule has 3 N–H and O–H groups in total. The average Bonchev–Trinajstić information content (AvgIpc) is 3.24. The van der Waals surface area contributed by atoms with E-state index in [0.717, 1.165) is 12.8 Å². The number of rotatable bonds is 6. The standard InChI is InChI=1S/C14H20N2O3/c1-18-11-4-3-10(7-12(11)19-2)13(17)16-9-14(8-15)5-6-14/h3-4,7H,5-6,8-9,15H2,1-2H3,(H,16,17). The first-order valence-electron chi connectivity index (χ1n) is 6.34. The Kier molecular flexibility index (Phi) is 3.95. The molecule has 0 heterocycles. The molecule has 1 aromatic rings. The van der Waals surface area contributed by atoms with Gasteiger partial charge in [-0.15, -0.1) is 0 Å². The molecular weight excluding hydrogens is 244 g/mol. The lowest BCUT2D eigenvalue weighted by molar-refractivity contribution is 0.0945. The Bertz CT molecular complexity index is 470. The minimum Gasteiger partial charge on any atom is -0.493 e. The Balaban J connectivity index is 2.02. The van der Waals surface area contributed by atoms with Crippen molar-refractivity contribution in [3.05, 3.63) is 23.8 Å². The monoisotopic (exact) mass is 264 g/mol. The van der Waals surface area contributed by atoms with Crippen LogP contribution in [0.1, 0.15) is 23.2 Å². The SMILES string of the molecule is COc1ccc(C(=O)NCC2(CN)CC2)cc1OC. The second-order valence-corrected chi connectivity index (χ2v) is 4.96. The fourth-order valence-electron chi connectivity index (χ4n) is 1.98. The summed E-state index contributed by atoms with van der Waals surface area (Å²) in [7, 11) is 3.11. The number of nitrogens with one attached hydrogen (secondary N) is 1. The lowest BCUT2D eigenvalue weighted by Gasteiger charge is -2.14. The van der Waals surface area contributed by atoms with Gasteiger partial charge in [-0.05, 0) is 37.6 Å². The van der Waals surface area contributed by atoms with Gasteiger partial charge in [0, 0.05) is 17.5 Å². The molecule has 0 atom stereocenters. The van der Waals surface area contributed by atoms with Crippen molar-refractivity contribution in [3.63, 3.8) is 0 Å². The average molecular weight is 264 g/mol. The third-order valence-corrected chi connectivity index (χ3v) is 3.66. The van der Waals surface area contributed by atoms with Gasteiger partial charge >= 0.3 is 0 Å². The van der Waals surface area contributed by atoms with Gasteiger partial charge in [-0.1, -0.05) is 0 Å². The van der Waals surface area contributed by atoms with E-state index in [-0.39, 0.29) is 11.3 Å². The van der Waals surface area contributed by atoms with Crippen LogP contribution in [0.15, 0.2) is 18.2 Å². The molecule has 0 spiro atoms. The highest BCUT2D eigenvalue weighted by Gasteiger charge is 2.41. The van der Waals surface area contributed by atoms with Gasteiger partial charge in [0.15, 0.2) is 11.5 Å². The van der Waals surface area contributed by atoms with E-state index in [9.17, 15) is 4.79 Å². The number of hydrogen-bond acceptors (Lipinski definition) is 4. The summed E-state index contributed by atoms with van der Waals surface area (Å²) in [6.45, 7) is 1.26. The van der Waals surface area contributed by atoms with Crippen LogP contribution in [0.2, 0.25) is 0 Å². The van der Waals surface area contributed by atoms with Crippen LogP contribution >= 0.6 is 0 Å². The van der Waals surface area contributed by atoms with Crippen LogP contribution in [-0.4, -0.2) is 33.2 Å². The molecule has 1 amide bonds. The van der Waals surface area contributed by atoms with Gasteiger partial charge in [-0.3, -0.25) is 4.79 Å². The number of carbonyl (C=O) groups excluding carboxylic acids is 1. The molecule has 0 aliphatic heterocycles. The van der Waals surface area contributed by atoms with Crippen LogP contribution in [0, 0.1) is 5.41 Å². The largest absolute Gasteiger partial charge is 0.493 e. The summed E-state index contributed by atoms with van der Waals surface area (Å²) in [5, 5.41) is 2.93. The van der Waals surface area contributed by atoms with Crippen molar-refractivity contribution in [1.29, 1.82) is 0 Å². The third kappa shape index (κ3) is 2.98. The summed E-state index contributed by atoms with van der Waals surface area (Å²) in [5.74, 6) is 1.05. The van der Waals surface area contributed by atoms with Gasteiger partial charge in [0.1, 0.15) is 0 Å². The van der Waals surface area contributed by atoms with E-state index in [2.05, 4.69) is 5.32 Å². The summed E-state index contributed by atoms with van der Waals surface area (Å²) in [4.78, 5) is 12.1. The molecule has 1 aliphatic carbocycles. The highest BCUT2D eigenvalue weighted by atomic mass is 16.5. The normalized spacial score (nSPS) is 15.7. The van der Waals surface area contributed by atoms with Gasteiger partial charge in [-0.25, -0.2) is 0 Å². The highest BCUT2D eigenvalue weighted by molar-refractivity contribution is 5.94. The molecule has 0 unspecified atom stereocenters. The van der Waals surface area contributed by atoms with E-state index < -0.39 is 0 Å². The predicted octanol–water partition coefficient (Wildman–Crippen LogP) is 1.17. The zero-order valence-electron chi connectivity index (χ0n) is 11.4. The minimum atomic E-state index is -0.110. The van der Waals surface area contributed by atoms with E-state index in [0.29, 0.717) is 30.2 Å². The van der Waals surface area contributed by atoms with Crippen LogP contribution in [0.5, 0.6) is 11.5 Å². The molecule has 0 aromatic heterocycles. The number of carbonyl (C=O) groups is 1. The maximum absolute atomic E-state index is 12.1. The number of benzene rings is 1. The molecular formula is C14H20N2O3. The Morgan fingerprint density at radius 1 is 1.32 bits per heavy atom. The van der Waals surface area contributed by atoms with Gasteiger partial charge < -0.3 is 20.5 Å². The molecule has 5 heteroatoms. The molecule has 0 saturated heterocycles. The second-order valence-electron chi connectivity index (χ2n) is 4.96. The third-order valence-electron chi connectivity index (χ3n) is 3.66. The number of ether oxygens (including phenoxy) is 2. The van der Waals surface area contributed by atoms with Crippen molar-refractivity contribution < 1.29 is 14.3 Å². The van der Waals surface area contributed by atoms with Gasteiger partial charge in [0.2, 0.25) is 0 Å². The van der Waals surface area contributed by atoms with Crippen LogP contribution in [-0.2, 0) is 0 Å². The van der Waals surface area contributed by atoms with Crippen LogP contribution < -0.4 is 20.5 Å². The van der Waals surface area contributed by atoms with Gasteiger partial charge in [0.25, 0.3) is 5.91 Å². The lowest BCUT2D eigenvalue weighted by Crippen LogP contribution is -2.33. The fourth-order valence-corrected chi connectivity index (χ4v) is 1.98. The van der Waals surface area contributed by atoms with Crippen molar-refractivity contribution in [2.24, 2.45) is 11.1 Å². The topological polar surface area (TPSA) is 73.6 Å². The van der Waals surface area contributed by atoms with E-state index >= 15 is 0 Å². The summed E-state index contributed by atoms with van der Waals surface area (Å²) in [6.07, 6.45) is 2.19. The number of methoxy groups -OCH3 is 2. The van der Waals surface area contributed by atoms with Crippen molar-refractivity contribution in [1.82, 2.24) is 5.32 Å². The molecule has 5 nitrogen and oxygen atoms in total. The van der Waals surface area contributed by atoms with E-state index in [1.807, 2.05) is 0 Å².